The molecular weight excluding hydrogens is 596 g/mol. The maximum atomic E-state index is 14.6. The second-order valence-electron chi connectivity index (χ2n) is 9.18. The molecule has 0 saturated carbocycles. The molecule has 10 nitrogen and oxygen atoms in total. The summed E-state index contributed by atoms with van der Waals surface area (Å²) in [6.07, 6.45) is -5.92. The normalized spacial score (nSPS) is 12.9. The number of methoxy groups -OCH3 is 2. The molecular formula is C28H26F4N4O6S. The SMILES string of the molecule is CCOc1c(CC(N)=O)cc([C@@](O)(CNC(=O)c2cc(OC)c3nc(OC)sc3c2)C(F)(F)F)nc1-c1ccc(F)cc1. The highest BCUT2D eigenvalue weighted by Crippen LogP contribution is 2.42. The number of thiazole rings is 1. The summed E-state index contributed by atoms with van der Waals surface area (Å²) in [6, 6.07) is 8.17. The van der Waals surface area contributed by atoms with Gasteiger partial charge in [0.15, 0.2) is 0 Å². The molecule has 43 heavy (non-hydrogen) atoms. The van der Waals surface area contributed by atoms with Crippen molar-refractivity contribution in [1.29, 1.82) is 0 Å². The van der Waals surface area contributed by atoms with Crippen LogP contribution < -0.4 is 25.3 Å². The van der Waals surface area contributed by atoms with E-state index in [1.807, 2.05) is 0 Å². The van der Waals surface area contributed by atoms with Gasteiger partial charge in [0.2, 0.25) is 11.5 Å². The van der Waals surface area contributed by atoms with Gasteiger partial charge in [0.1, 0.15) is 28.5 Å². The predicted octanol–water partition coefficient (Wildman–Crippen LogP) is 4.12. The molecule has 0 fully saturated rings. The van der Waals surface area contributed by atoms with Crippen LogP contribution in [-0.2, 0) is 16.8 Å². The first-order valence-electron chi connectivity index (χ1n) is 12.6. The molecule has 1 atom stereocenters. The number of aromatic nitrogens is 2. The molecule has 228 valence electrons. The Morgan fingerprint density at radius 3 is 2.35 bits per heavy atom. The van der Waals surface area contributed by atoms with Crippen LogP contribution in [0.25, 0.3) is 21.5 Å². The first-order valence-corrected chi connectivity index (χ1v) is 13.4. The topological polar surface area (TPSA) is 146 Å². The van der Waals surface area contributed by atoms with Crippen molar-refractivity contribution < 1.29 is 46.5 Å². The number of hydrogen-bond donors (Lipinski definition) is 3. The molecule has 0 saturated heterocycles. The minimum absolute atomic E-state index is 0.0417. The van der Waals surface area contributed by atoms with Crippen LogP contribution >= 0.6 is 11.3 Å². The average molecular weight is 623 g/mol. The summed E-state index contributed by atoms with van der Waals surface area (Å²) in [7, 11) is 2.74. The number of benzene rings is 2. The van der Waals surface area contributed by atoms with E-state index in [2.05, 4.69) is 15.3 Å². The summed E-state index contributed by atoms with van der Waals surface area (Å²) < 4.78 is 73.9. The number of carbonyl (C=O) groups excluding carboxylic acids is 2. The van der Waals surface area contributed by atoms with E-state index in [1.54, 1.807) is 6.92 Å². The van der Waals surface area contributed by atoms with Crippen LogP contribution in [0, 0.1) is 5.82 Å². The summed E-state index contributed by atoms with van der Waals surface area (Å²) in [4.78, 5) is 33.2. The van der Waals surface area contributed by atoms with E-state index in [9.17, 15) is 32.3 Å². The molecule has 0 aliphatic rings. The number of rotatable bonds is 11. The summed E-state index contributed by atoms with van der Waals surface area (Å²) in [6.45, 7) is 0.286. The fourth-order valence-electron chi connectivity index (χ4n) is 4.22. The van der Waals surface area contributed by atoms with Gasteiger partial charge in [-0.1, -0.05) is 11.3 Å². The van der Waals surface area contributed by atoms with Gasteiger partial charge in [-0.2, -0.15) is 18.2 Å². The lowest BCUT2D eigenvalue weighted by atomic mass is 9.93. The molecule has 4 aromatic rings. The van der Waals surface area contributed by atoms with Gasteiger partial charge in [0, 0.05) is 16.7 Å². The van der Waals surface area contributed by atoms with E-state index in [-0.39, 0.29) is 45.7 Å². The minimum Gasteiger partial charge on any atom is -0.494 e. The van der Waals surface area contributed by atoms with Crippen LogP contribution in [-0.4, -0.2) is 60.4 Å². The molecule has 2 amide bonds. The van der Waals surface area contributed by atoms with Crippen molar-refractivity contribution in [3.05, 3.63) is 65.1 Å². The van der Waals surface area contributed by atoms with Gasteiger partial charge in [-0.15, -0.1) is 0 Å². The quantitative estimate of drug-likeness (QED) is 0.212. The lowest BCUT2D eigenvalue weighted by Gasteiger charge is -2.31. The Labute approximate surface area is 246 Å². The minimum atomic E-state index is -5.36. The predicted molar refractivity (Wildman–Crippen MR) is 149 cm³/mol. The van der Waals surface area contributed by atoms with Crippen LogP contribution in [0.2, 0.25) is 0 Å². The fraction of sp³-hybridized carbons (Fsp3) is 0.286. The Hall–Kier alpha value is -4.50. The summed E-state index contributed by atoms with van der Waals surface area (Å²) in [5.41, 5.74) is 0.843. The van der Waals surface area contributed by atoms with E-state index < -0.39 is 48.1 Å². The number of alkyl halides is 3. The van der Waals surface area contributed by atoms with Gasteiger partial charge in [-0.3, -0.25) is 9.59 Å². The second kappa shape index (κ2) is 12.4. The van der Waals surface area contributed by atoms with Crippen molar-refractivity contribution >= 4 is 33.4 Å². The maximum Gasteiger partial charge on any atom is 0.424 e. The van der Waals surface area contributed by atoms with Crippen molar-refractivity contribution in [3.8, 4) is 28.0 Å². The number of fused-ring (bicyclic) bond motifs is 1. The number of pyridine rings is 1. The Bertz CT molecular complexity index is 1660. The van der Waals surface area contributed by atoms with E-state index >= 15 is 0 Å². The van der Waals surface area contributed by atoms with Gasteiger partial charge in [-0.25, -0.2) is 9.37 Å². The zero-order valence-corrected chi connectivity index (χ0v) is 23.9. The van der Waals surface area contributed by atoms with Crippen LogP contribution in [0.3, 0.4) is 0 Å². The average Bonchev–Trinajstić information content (AvgIpc) is 3.39. The maximum absolute atomic E-state index is 14.6. The van der Waals surface area contributed by atoms with Crippen LogP contribution in [0.15, 0.2) is 42.5 Å². The molecule has 2 aromatic carbocycles. The van der Waals surface area contributed by atoms with Crippen LogP contribution in [0.5, 0.6) is 16.7 Å². The van der Waals surface area contributed by atoms with E-state index in [0.717, 1.165) is 29.5 Å². The van der Waals surface area contributed by atoms with Gasteiger partial charge < -0.3 is 30.4 Å². The van der Waals surface area contributed by atoms with Crippen molar-refractivity contribution in [2.45, 2.75) is 25.1 Å². The molecule has 0 unspecified atom stereocenters. The number of hydrogen-bond acceptors (Lipinski definition) is 9. The third-order valence-corrected chi connectivity index (χ3v) is 7.28. The van der Waals surface area contributed by atoms with Gasteiger partial charge in [0.05, 0.1) is 44.2 Å². The number of nitrogens with one attached hydrogen (secondary N) is 1. The highest BCUT2D eigenvalue weighted by molar-refractivity contribution is 7.20. The Morgan fingerprint density at radius 2 is 1.77 bits per heavy atom. The summed E-state index contributed by atoms with van der Waals surface area (Å²) in [5.74, 6) is -2.35. The molecule has 0 aliphatic carbocycles. The monoisotopic (exact) mass is 622 g/mol. The first kappa shape index (κ1) is 31.4. The number of ether oxygens (including phenoxy) is 3. The van der Waals surface area contributed by atoms with Crippen molar-refractivity contribution in [2.24, 2.45) is 5.73 Å². The molecule has 2 aromatic heterocycles. The summed E-state index contributed by atoms with van der Waals surface area (Å²) >= 11 is 1.09. The van der Waals surface area contributed by atoms with Crippen molar-refractivity contribution in [1.82, 2.24) is 15.3 Å². The fourth-order valence-corrected chi connectivity index (χ4v) is 5.06. The molecule has 15 heteroatoms. The van der Waals surface area contributed by atoms with Crippen molar-refractivity contribution in [2.75, 3.05) is 27.4 Å². The van der Waals surface area contributed by atoms with E-state index in [1.165, 1.54) is 38.5 Å². The Morgan fingerprint density at radius 1 is 1.07 bits per heavy atom. The standard InChI is InChI=1S/C28H26F4N4O6S/c1-4-42-24-15(12-21(33)37)11-20(35-22(24)14-5-7-17(29)8-6-14)27(39,28(30,31)32)13-34-25(38)16-9-18(40-2)23-19(10-16)43-26(36-23)41-3/h5-11,39H,4,12-13H2,1-3H3,(H2,33,37)(H,34,38)/t27-/m0/s1. The Kier molecular flexibility index (Phi) is 9.06. The third kappa shape index (κ3) is 6.46. The number of halogens is 4. The van der Waals surface area contributed by atoms with Crippen molar-refractivity contribution in [3.63, 3.8) is 0 Å². The second-order valence-corrected chi connectivity index (χ2v) is 10.2. The number of carbonyl (C=O) groups is 2. The Balaban J connectivity index is 1.79. The molecule has 0 radical (unpaired) electrons. The highest BCUT2D eigenvalue weighted by atomic mass is 32.1. The van der Waals surface area contributed by atoms with E-state index in [0.29, 0.717) is 10.2 Å². The molecule has 4 rings (SSSR count). The molecule has 0 bridgehead atoms. The molecule has 2 heterocycles. The first-order chi connectivity index (χ1) is 20.3. The van der Waals surface area contributed by atoms with Gasteiger partial charge in [0.25, 0.3) is 11.1 Å². The number of primary amides is 1. The lowest BCUT2D eigenvalue weighted by Crippen LogP contribution is -2.51. The number of nitrogens with two attached hydrogens (primary N) is 1. The third-order valence-electron chi connectivity index (χ3n) is 6.32. The highest BCUT2D eigenvalue weighted by Gasteiger charge is 2.56. The zero-order chi connectivity index (χ0) is 31.5. The lowest BCUT2D eigenvalue weighted by molar-refractivity contribution is -0.265. The number of aliphatic hydroxyl groups is 1. The summed E-state index contributed by atoms with van der Waals surface area (Å²) in [5, 5.41) is 13.6. The largest absolute Gasteiger partial charge is 0.494 e. The van der Waals surface area contributed by atoms with E-state index in [4.69, 9.17) is 19.9 Å². The molecule has 0 spiro atoms. The molecule has 4 N–H and O–H groups in total. The number of nitrogens with zero attached hydrogens (tertiary/aromatic N) is 2. The zero-order valence-electron chi connectivity index (χ0n) is 23.0. The number of amides is 2. The van der Waals surface area contributed by atoms with Crippen LogP contribution in [0.1, 0.15) is 28.5 Å². The van der Waals surface area contributed by atoms with Gasteiger partial charge >= 0.3 is 6.18 Å². The smallest absolute Gasteiger partial charge is 0.424 e. The van der Waals surface area contributed by atoms with Crippen LogP contribution in [0.4, 0.5) is 17.6 Å². The molecule has 0 aliphatic heterocycles. The van der Waals surface area contributed by atoms with Gasteiger partial charge in [-0.05, 0) is 49.4 Å².